The summed E-state index contributed by atoms with van der Waals surface area (Å²) in [7, 11) is 1.48. The number of nitriles is 1. The normalized spacial score (nSPS) is 9.61. The molecule has 2 aromatic rings. The van der Waals surface area contributed by atoms with Crippen LogP contribution in [0, 0.1) is 18.3 Å². The largest absolute Gasteiger partial charge is 0.495 e. The van der Waals surface area contributed by atoms with Gasteiger partial charge in [-0.1, -0.05) is 12.1 Å². The van der Waals surface area contributed by atoms with Crippen LogP contribution in [0.2, 0.25) is 0 Å². The van der Waals surface area contributed by atoms with E-state index in [1.165, 1.54) is 13.2 Å². The zero-order valence-electron chi connectivity index (χ0n) is 12.7. The Hall–Kier alpha value is -3.33. The van der Waals surface area contributed by atoms with E-state index < -0.39 is 11.8 Å². The Morgan fingerprint density at radius 2 is 1.83 bits per heavy atom. The average Bonchev–Trinajstić information content (AvgIpc) is 2.55. The van der Waals surface area contributed by atoms with Crippen molar-refractivity contribution in [2.75, 3.05) is 17.7 Å². The maximum Gasteiger partial charge on any atom is 0.314 e. The molecule has 0 saturated heterocycles. The quantitative estimate of drug-likeness (QED) is 0.852. The zero-order valence-corrected chi connectivity index (χ0v) is 12.7. The van der Waals surface area contributed by atoms with Crippen molar-refractivity contribution in [2.24, 2.45) is 0 Å². The van der Waals surface area contributed by atoms with Gasteiger partial charge in [0.1, 0.15) is 5.75 Å². The van der Waals surface area contributed by atoms with Gasteiger partial charge in [0.15, 0.2) is 0 Å². The van der Waals surface area contributed by atoms with Crippen LogP contribution in [0.5, 0.6) is 5.75 Å². The second kappa shape index (κ2) is 7.09. The Morgan fingerprint density at radius 3 is 2.52 bits per heavy atom. The summed E-state index contributed by atoms with van der Waals surface area (Å²) >= 11 is 0. The van der Waals surface area contributed by atoms with Crippen LogP contribution in [0.1, 0.15) is 11.1 Å². The van der Waals surface area contributed by atoms with Gasteiger partial charge >= 0.3 is 11.8 Å². The number of anilines is 2. The highest BCUT2D eigenvalue weighted by molar-refractivity contribution is 6.43. The number of aryl methyl sites for hydroxylation is 1. The molecule has 23 heavy (non-hydrogen) atoms. The molecule has 0 unspecified atom stereocenters. The van der Waals surface area contributed by atoms with Crippen LogP contribution < -0.4 is 15.4 Å². The van der Waals surface area contributed by atoms with Crippen molar-refractivity contribution >= 4 is 23.2 Å². The van der Waals surface area contributed by atoms with Crippen LogP contribution in [-0.4, -0.2) is 18.9 Å². The van der Waals surface area contributed by atoms with Crippen LogP contribution in [0.3, 0.4) is 0 Å². The molecule has 2 rings (SSSR count). The second-order valence-corrected chi connectivity index (χ2v) is 4.80. The maximum absolute atomic E-state index is 12.0. The number of nitrogens with one attached hydrogen (secondary N) is 2. The molecule has 0 saturated carbocycles. The van der Waals surface area contributed by atoms with Crippen molar-refractivity contribution in [1.29, 1.82) is 5.26 Å². The van der Waals surface area contributed by atoms with Gasteiger partial charge in [-0.3, -0.25) is 9.59 Å². The molecule has 6 heteroatoms. The summed E-state index contributed by atoms with van der Waals surface area (Å²) < 4.78 is 5.15. The summed E-state index contributed by atoms with van der Waals surface area (Å²) in [5, 5.41) is 13.8. The molecule has 0 aliphatic carbocycles. The van der Waals surface area contributed by atoms with Crippen LogP contribution in [0.4, 0.5) is 11.4 Å². The number of hydrogen-bond donors (Lipinski definition) is 2. The first-order chi connectivity index (χ1) is 11.0. The minimum absolute atomic E-state index is 0.375. The number of carbonyl (C=O) groups excluding carboxylic acids is 2. The van der Waals surface area contributed by atoms with E-state index in [4.69, 9.17) is 10.00 Å². The Balaban J connectivity index is 2.10. The number of ether oxygens (including phenoxy) is 1. The summed E-state index contributed by atoms with van der Waals surface area (Å²) in [6.45, 7) is 1.86. The first kappa shape index (κ1) is 16.0. The van der Waals surface area contributed by atoms with Gasteiger partial charge in [0.2, 0.25) is 0 Å². The number of rotatable bonds is 3. The molecule has 2 amide bonds. The van der Waals surface area contributed by atoms with Gasteiger partial charge in [-0.2, -0.15) is 5.26 Å². The van der Waals surface area contributed by atoms with Gasteiger partial charge in [0.25, 0.3) is 0 Å². The summed E-state index contributed by atoms with van der Waals surface area (Å²) in [6.07, 6.45) is 0. The third kappa shape index (κ3) is 4.08. The predicted molar refractivity (Wildman–Crippen MR) is 86.1 cm³/mol. The van der Waals surface area contributed by atoms with Crippen molar-refractivity contribution in [2.45, 2.75) is 6.92 Å². The van der Waals surface area contributed by atoms with Gasteiger partial charge in [-0.25, -0.2) is 0 Å². The molecule has 0 fully saturated rings. The van der Waals surface area contributed by atoms with Crippen LogP contribution in [0.15, 0.2) is 42.5 Å². The minimum atomic E-state index is -0.830. The first-order valence-electron chi connectivity index (χ1n) is 6.80. The fourth-order valence-electron chi connectivity index (χ4n) is 1.95. The summed E-state index contributed by atoms with van der Waals surface area (Å²) in [6, 6.07) is 13.5. The molecule has 6 nitrogen and oxygen atoms in total. The molecule has 0 aliphatic heterocycles. The fourth-order valence-corrected chi connectivity index (χ4v) is 1.95. The smallest absolute Gasteiger partial charge is 0.314 e. The topological polar surface area (TPSA) is 91.2 Å². The van der Waals surface area contributed by atoms with Crippen molar-refractivity contribution in [3.05, 3.63) is 53.6 Å². The molecule has 0 atom stereocenters. The van der Waals surface area contributed by atoms with Gasteiger partial charge in [-0.05, 0) is 42.8 Å². The van der Waals surface area contributed by atoms with Crippen LogP contribution in [-0.2, 0) is 9.59 Å². The van der Waals surface area contributed by atoms with E-state index >= 15 is 0 Å². The van der Waals surface area contributed by atoms with Crippen molar-refractivity contribution in [1.82, 2.24) is 0 Å². The molecule has 0 bridgehead atoms. The lowest BCUT2D eigenvalue weighted by Gasteiger charge is -2.11. The molecule has 0 heterocycles. The second-order valence-electron chi connectivity index (χ2n) is 4.80. The van der Waals surface area contributed by atoms with E-state index in [0.717, 1.165) is 5.56 Å². The predicted octanol–water partition coefficient (Wildman–Crippen LogP) is 2.45. The SMILES string of the molecule is COc1ccc(C)cc1NC(=O)C(=O)Nc1cccc(C#N)c1. The number of amides is 2. The summed E-state index contributed by atoms with van der Waals surface area (Å²) in [5.74, 6) is -1.19. The third-order valence-electron chi connectivity index (χ3n) is 3.06. The van der Waals surface area contributed by atoms with E-state index in [1.807, 2.05) is 19.1 Å². The Kier molecular flexibility index (Phi) is 4.95. The number of hydrogen-bond acceptors (Lipinski definition) is 4. The van der Waals surface area contributed by atoms with Crippen LogP contribution in [0.25, 0.3) is 0 Å². The number of benzene rings is 2. The summed E-state index contributed by atoms with van der Waals surface area (Å²) in [4.78, 5) is 24.0. The minimum Gasteiger partial charge on any atom is -0.495 e. The van der Waals surface area contributed by atoms with E-state index in [0.29, 0.717) is 22.7 Å². The monoisotopic (exact) mass is 309 g/mol. The van der Waals surface area contributed by atoms with E-state index in [-0.39, 0.29) is 0 Å². The molecule has 0 aliphatic rings. The number of nitrogens with zero attached hydrogens (tertiary/aromatic N) is 1. The zero-order chi connectivity index (χ0) is 16.8. The highest BCUT2D eigenvalue weighted by atomic mass is 16.5. The lowest BCUT2D eigenvalue weighted by atomic mass is 10.2. The Morgan fingerprint density at radius 1 is 1.09 bits per heavy atom. The molecule has 0 aromatic heterocycles. The molecule has 116 valence electrons. The van der Waals surface area contributed by atoms with Gasteiger partial charge < -0.3 is 15.4 Å². The lowest BCUT2D eigenvalue weighted by molar-refractivity contribution is -0.133. The van der Waals surface area contributed by atoms with Crippen molar-refractivity contribution in [3.8, 4) is 11.8 Å². The molecule has 0 radical (unpaired) electrons. The standard InChI is InChI=1S/C17H15N3O3/c1-11-6-7-15(23-2)14(8-11)20-17(22)16(21)19-13-5-3-4-12(9-13)10-18/h3-9H,1-2H3,(H,19,21)(H,20,22). The fraction of sp³-hybridized carbons (Fsp3) is 0.118. The van der Waals surface area contributed by atoms with E-state index in [1.54, 1.807) is 30.3 Å². The third-order valence-corrected chi connectivity index (χ3v) is 3.06. The highest BCUT2D eigenvalue weighted by Crippen LogP contribution is 2.25. The van der Waals surface area contributed by atoms with Gasteiger partial charge in [0, 0.05) is 5.69 Å². The Labute approximate surface area is 133 Å². The number of methoxy groups -OCH3 is 1. The molecule has 0 spiro atoms. The van der Waals surface area contributed by atoms with E-state index in [9.17, 15) is 9.59 Å². The number of carbonyl (C=O) groups is 2. The summed E-state index contributed by atoms with van der Waals surface area (Å²) in [5.41, 5.74) is 2.10. The highest BCUT2D eigenvalue weighted by Gasteiger charge is 2.16. The van der Waals surface area contributed by atoms with Gasteiger partial charge in [0.05, 0.1) is 24.4 Å². The average molecular weight is 309 g/mol. The van der Waals surface area contributed by atoms with Crippen molar-refractivity contribution in [3.63, 3.8) is 0 Å². The van der Waals surface area contributed by atoms with Crippen LogP contribution >= 0.6 is 0 Å². The maximum atomic E-state index is 12.0. The first-order valence-corrected chi connectivity index (χ1v) is 6.80. The van der Waals surface area contributed by atoms with E-state index in [2.05, 4.69) is 10.6 Å². The lowest BCUT2D eigenvalue weighted by Crippen LogP contribution is -2.29. The molecular formula is C17H15N3O3. The molecular weight excluding hydrogens is 294 g/mol. The van der Waals surface area contributed by atoms with Crippen molar-refractivity contribution < 1.29 is 14.3 Å². The Bertz CT molecular complexity index is 794. The molecule has 2 aromatic carbocycles. The molecule has 2 N–H and O–H groups in total. The van der Waals surface area contributed by atoms with Gasteiger partial charge in [-0.15, -0.1) is 0 Å².